The molecule has 3 amide bonds. The van der Waals surface area contributed by atoms with Gasteiger partial charge in [-0.15, -0.1) is 0 Å². The van der Waals surface area contributed by atoms with Crippen LogP contribution in [-0.4, -0.2) is 42.6 Å². The number of esters is 1. The molecule has 8 heteroatoms. The maximum atomic E-state index is 12.6. The maximum Gasteiger partial charge on any atom is 0.407 e. The minimum Gasteiger partial charge on any atom is -0.450 e. The normalized spacial score (nSPS) is 17.8. The SMILES string of the molecule is CC(C)C[C@@H](NC(=O)OCC1c2ccccc2-c2ccccc21)C(=O)O[C@H]1CC(=O)NC1=O. The summed E-state index contributed by atoms with van der Waals surface area (Å²) in [4.78, 5) is 48.3. The lowest BCUT2D eigenvalue weighted by molar-refractivity contribution is -0.156. The zero-order valence-corrected chi connectivity index (χ0v) is 18.5. The second kappa shape index (κ2) is 9.44. The second-order valence-corrected chi connectivity index (χ2v) is 8.69. The second-order valence-electron chi connectivity index (χ2n) is 8.69. The number of hydrogen-bond donors (Lipinski definition) is 2. The standard InChI is InChI=1S/C25H26N2O6/c1-14(2)11-20(24(30)33-21-12-22(28)27-23(21)29)26-25(31)32-13-19-17-9-5-3-7-15(17)16-8-4-6-10-18(16)19/h3-10,14,19-21H,11-13H2,1-2H3,(H,26,31)(H,27,28,29)/t20-,21+/m1/s1. The van der Waals surface area contributed by atoms with Crippen LogP contribution in [0.5, 0.6) is 0 Å². The Morgan fingerprint density at radius 1 is 1.03 bits per heavy atom. The van der Waals surface area contributed by atoms with Gasteiger partial charge in [-0.3, -0.25) is 14.9 Å². The number of alkyl carbamates (subject to hydrolysis) is 1. The summed E-state index contributed by atoms with van der Waals surface area (Å²) in [6.45, 7) is 3.90. The molecule has 1 heterocycles. The first-order valence-electron chi connectivity index (χ1n) is 11.0. The van der Waals surface area contributed by atoms with E-state index >= 15 is 0 Å². The molecule has 2 aromatic carbocycles. The number of fused-ring (bicyclic) bond motifs is 3. The highest BCUT2D eigenvalue weighted by molar-refractivity contribution is 6.05. The van der Waals surface area contributed by atoms with E-state index in [1.165, 1.54) is 0 Å². The monoisotopic (exact) mass is 450 g/mol. The summed E-state index contributed by atoms with van der Waals surface area (Å²) in [5.41, 5.74) is 4.41. The van der Waals surface area contributed by atoms with Crippen molar-refractivity contribution in [3.63, 3.8) is 0 Å². The fraction of sp³-hybridized carbons (Fsp3) is 0.360. The molecule has 4 rings (SSSR count). The van der Waals surface area contributed by atoms with E-state index in [2.05, 4.69) is 10.6 Å². The number of carbonyl (C=O) groups is 4. The highest BCUT2D eigenvalue weighted by Crippen LogP contribution is 2.44. The molecule has 2 N–H and O–H groups in total. The third-order valence-corrected chi connectivity index (χ3v) is 5.81. The molecule has 0 spiro atoms. The molecule has 1 aliphatic carbocycles. The number of amides is 3. The maximum absolute atomic E-state index is 12.6. The first kappa shape index (κ1) is 22.5. The molecule has 0 saturated carbocycles. The minimum absolute atomic E-state index is 0.0653. The van der Waals surface area contributed by atoms with Crippen molar-refractivity contribution < 1.29 is 28.7 Å². The van der Waals surface area contributed by atoms with E-state index in [4.69, 9.17) is 9.47 Å². The van der Waals surface area contributed by atoms with Crippen LogP contribution in [-0.2, 0) is 23.9 Å². The highest BCUT2D eigenvalue weighted by Gasteiger charge is 2.36. The molecule has 1 fully saturated rings. The van der Waals surface area contributed by atoms with Crippen molar-refractivity contribution in [3.05, 3.63) is 59.7 Å². The number of ether oxygens (including phenoxy) is 2. The van der Waals surface area contributed by atoms with Crippen molar-refractivity contribution in [2.24, 2.45) is 5.92 Å². The third kappa shape index (κ3) is 4.89. The van der Waals surface area contributed by atoms with E-state index in [9.17, 15) is 19.2 Å². The summed E-state index contributed by atoms with van der Waals surface area (Å²) in [6.07, 6.45) is -1.84. The average Bonchev–Trinajstić information content (AvgIpc) is 3.27. The van der Waals surface area contributed by atoms with Crippen LogP contribution in [0.3, 0.4) is 0 Å². The molecular weight excluding hydrogens is 424 g/mol. The minimum atomic E-state index is -1.18. The number of carbonyl (C=O) groups excluding carboxylic acids is 4. The number of hydrogen-bond acceptors (Lipinski definition) is 6. The molecule has 0 radical (unpaired) electrons. The van der Waals surface area contributed by atoms with Gasteiger partial charge in [-0.2, -0.15) is 0 Å². The zero-order chi connectivity index (χ0) is 23.5. The summed E-state index contributed by atoms with van der Waals surface area (Å²) in [7, 11) is 0. The van der Waals surface area contributed by atoms with E-state index in [1.807, 2.05) is 62.4 Å². The van der Waals surface area contributed by atoms with Gasteiger partial charge in [0.05, 0.1) is 6.42 Å². The smallest absolute Gasteiger partial charge is 0.407 e. The van der Waals surface area contributed by atoms with Gasteiger partial charge in [0.1, 0.15) is 12.6 Å². The van der Waals surface area contributed by atoms with Crippen LogP contribution in [0.25, 0.3) is 11.1 Å². The van der Waals surface area contributed by atoms with Crippen LogP contribution in [0.1, 0.15) is 43.7 Å². The van der Waals surface area contributed by atoms with Gasteiger partial charge in [-0.1, -0.05) is 62.4 Å². The van der Waals surface area contributed by atoms with E-state index < -0.39 is 36.0 Å². The Bertz CT molecular complexity index is 1050. The van der Waals surface area contributed by atoms with Crippen molar-refractivity contribution >= 4 is 23.9 Å². The molecule has 2 atom stereocenters. The molecule has 0 bridgehead atoms. The van der Waals surface area contributed by atoms with Gasteiger partial charge in [-0.05, 0) is 34.6 Å². The fourth-order valence-corrected chi connectivity index (χ4v) is 4.32. The summed E-state index contributed by atoms with van der Waals surface area (Å²) in [5, 5.41) is 4.66. The Morgan fingerprint density at radius 3 is 2.18 bits per heavy atom. The van der Waals surface area contributed by atoms with Crippen LogP contribution in [0, 0.1) is 5.92 Å². The number of imide groups is 1. The van der Waals surface area contributed by atoms with Gasteiger partial charge in [-0.25, -0.2) is 9.59 Å². The van der Waals surface area contributed by atoms with Gasteiger partial charge >= 0.3 is 12.1 Å². The van der Waals surface area contributed by atoms with Crippen LogP contribution in [0.15, 0.2) is 48.5 Å². The molecule has 1 aliphatic heterocycles. The molecule has 33 heavy (non-hydrogen) atoms. The van der Waals surface area contributed by atoms with E-state index in [-0.39, 0.29) is 24.9 Å². The Kier molecular flexibility index (Phi) is 6.44. The lowest BCUT2D eigenvalue weighted by Crippen LogP contribution is -2.45. The van der Waals surface area contributed by atoms with Gasteiger partial charge in [0.2, 0.25) is 5.91 Å². The van der Waals surface area contributed by atoms with Gasteiger partial charge in [0.25, 0.3) is 5.91 Å². The molecule has 0 aromatic heterocycles. The predicted octanol–water partition coefficient (Wildman–Crippen LogP) is 2.90. The zero-order valence-electron chi connectivity index (χ0n) is 18.5. The first-order valence-corrected chi connectivity index (χ1v) is 11.0. The van der Waals surface area contributed by atoms with Crippen molar-refractivity contribution in [2.75, 3.05) is 6.61 Å². The molecule has 0 unspecified atom stereocenters. The summed E-state index contributed by atoms with van der Waals surface area (Å²) in [6, 6.07) is 15.0. The number of rotatable bonds is 7. The van der Waals surface area contributed by atoms with E-state index in [1.54, 1.807) is 0 Å². The van der Waals surface area contributed by atoms with Gasteiger partial charge < -0.3 is 14.8 Å². The number of benzene rings is 2. The lowest BCUT2D eigenvalue weighted by Gasteiger charge is -2.21. The highest BCUT2D eigenvalue weighted by atomic mass is 16.6. The third-order valence-electron chi connectivity index (χ3n) is 5.81. The van der Waals surface area contributed by atoms with Crippen molar-refractivity contribution in [1.29, 1.82) is 0 Å². The van der Waals surface area contributed by atoms with Crippen molar-refractivity contribution in [2.45, 2.75) is 44.8 Å². The summed E-state index contributed by atoms with van der Waals surface area (Å²) >= 11 is 0. The Balaban J connectivity index is 1.40. The molecule has 1 saturated heterocycles. The molecule has 172 valence electrons. The van der Waals surface area contributed by atoms with Crippen molar-refractivity contribution in [1.82, 2.24) is 10.6 Å². The van der Waals surface area contributed by atoms with Crippen LogP contribution in [0.4, 0.5) is 4.79 Å². The largest absolute Gasteiger partial charge is 0.450 e. The van der Waals surface area contributed by atoms with E-state index in [0.29, 0.717) is 6.42 Å². The molecule has 2 aromatic rings. The first-order chi connectivity index (χ1) is 15.8. The Labute approximate surface area is 191 Å². The molecule has 8 nitrogen and oxygen atoms in total. The number of nitrogens with one attached hydrogen (secondary N) is 2. The van der Waals surface area contributed by atoms with Crippen LogP contribution < -0.4 is 10.6 Å². The predicted molar refractivity (Wildman–Crippen MR) is 119 cm³/mol. The fourth-order valence-electron chi connectivity index (χ4n) is 4.32. The lowest BCUT2D eigenvalue weighted by atomic mass is 9.98. The Morgan fingerprint density at radius 2 is 1.64 bits per heavy atom. The van der Waals surface area contributed by atoms with Crippen molar-refractivity contribution in [3.8, 4) is 11.1 Å². The van der Waals surface area contributed by atoms with Gasteiger partial charge in [0.15, 0.2) is 6.10 Å². The average molecular weight is 450 g/mol. The van der Waals surface area contributed by atoms with Crippen LogP contribution in [0.2, 0.25) is 0 Å². The van der Waals surface area contributed by atoms with Gasteiger partial charge in [0, 0.05) is 5.92 Å². The quantitative estimate of drug-likeness (QED) is 0.496. The molecule has 2 aliphatic rings. The summed E-state index contributed by atoms with van der Waals surface area (Å²) < 4.78 is 10.7. The topological polar surface area (TPSA) is 111 Å². The Hall–Kier alpha value is -3.68. The summed E-state index contributed by atoms with van der Waals surface area (Å²) in [5.74, 6) is -1.96. The van der Waals surface area contributed by atoms with E-state index in [0.717, 1.165) is 22.3 Å². The molecular formula is C25H26N2O6. The van der Waals surface area contributed by atoms with Crippen LogP contribution >= 0.6 is 0 Å².